The maximum atomic E-state index is 14.9. The van der Waals surface area contributed by atoms with Crippen LogP contribution in [0.5, 0.6) is 11.5 Å². The Bertz CT molecular complexity index is 1380. The molecule has 0 amide bonds. The lowest BCUT2D eigenvalue weighted by atomic mass is 9.77. The molecule has 0 aromatic heterocycles. The third-order valence-electron chi connectivity index (χ3n) is 7.11. The Morgan fingerprint density at radius 3 is 1.76 bits per heavy atom. The van der Waals surface area contributed by atoms with Gasteiger partial charge in [0, 0.05) is 18.2 Å². The van der Waals surface area contributed by atoms with E-state index in [4.69, 9.17) is 0 Å². The van der Waals surface area contributed by atoms with Crippen molar-refractivity contribution in [3.8, 4) is 11.5 Å². The van der Waals surface area contributed by atoms with Crippen molar-refractivity contribution in [2.45, 2.75) is 63.6 Å². The second kappa shape index (κ2) is 11.8. The molecule has 1 fully saturated rings. The SMILES string of the molecule is CCCC1CCC(c2ccc(C(F)(F)Oc3ccc(C(F)(F)Oc4cc(F)c(F)c(F)c4)c(F)c3)c(F)c2F)CC1. The average Bonchev–Trinajstić information content (AvgIpc) is 2.89. The molecule has 0 aliphatic heterocycles. The predicted molar refractivity (Wildman–Crippen MR) is 128 cm³/mol. The zero-order chi connectivity index (χ0) is 30.1. The molecule has 222 valence electrons. The van der Waals surface area contributed by atoms with Crippen molar-refractivity contribution in [3.63, 3.8) is 0 Å². The number of hydrogen-bond donors (Lipinski definition) is 0. The summed E-state index contributed by atoms with van der Waals surface area (Å²) in [5, 5.41) is 0. The quantitative estimate of drug-likeness (QED) is 0.181. The van der Waals surface area contributed by atoms with Gasteiger partial charge in [-0.1, -0.05) is 25.8 Å². The van der Waals surface area contributed by atoms with Crippen LogP contribution < -0.4 is 9.47 Å². The van der Waals surface area contributed by atoms with Gasteiger partial charge in [0.25, 0.3) is 0 Å². The Kier molecular flexibility index (Phi) is 8.79. The predicted octanol–water partition coefficient (Wildman–Crippen LogP) is 9.85. The van der Waals surface area contributed by atoms with Crippen molar-refractivity contribution in [2.24, 2.45) is 5.92 Å². The minimum absolute atomic E-state index is 0.0319. The van der Waals surface area contributed by atoms with Crippen molar-refractivity contribution in [1.82, 2.24) is 0 Å². The summed E-state index contributed by atoms with van der Waals surface area (Å²) in [6.07, 6.45) is -4.32. The van der Waals surface area contributed by atoms with Gasteiger partial charge in [0.05, 0.1) is 0 Å². The van der Waals surface area contributed by atoms with E-state index in [0.29, 0.717) is 30.9 Å². The smallest absolute Gasteiger partial charge is 0.429 e. The first-order chi connectivity index (χ1) is 19.2. The van der Waals surface area contributed by atoms with E-state index in [1.165, 1.54) is 0 Å². The summed E-state index contributed by atoms with van der Waals surface area (Å²) < 4.78 is 151. The highest BCUT2D eigenvalue weighted by molar-refractivity contribution is 5.35. The first-order valence-electron chi connectivity index (χ1n) is 12.8. The number of hydrogen-bond acceptors (Lipinski definition) is 2. The highest BCUT2D eigenvalue weighted by Crippen LogP contribution is 2.42. The molecular formula is C29H24F10O2. The van der Waals surface area contributed by atoms with Gasteiger partial charge in [0.2, 0.25) is 0 Å². The normalized spacial score (nSPS) is 17.9. The third kappa shape index (κ3) is 6.56. The fourth-order valence-corrected chi connectivity index (χ4v) is 5.07. The maximum Gasteiger partial charge on any atom is 0.429 e. The van der Waals surface area contributed by atoms with E-state index in [9.17, 15) is 43.9 Å². The molecule has 41 heavy (non-hydrogen) atoms. The summed E-state index contributed by atoms with van der Waals surface area (Å²) in [5.41, 5.74) is -3.05. The second-order valence-corrected chi connectivity index (χ2v) is 9.92. The Morgan fingerprint density at radius 1 is 0.634 bits per heavy atom. The third-order valence-corrected chi connectivity index (χ3v) is 7.11. The van der Waals surface area contributed by atoms with Crippen LogP contribution in [0.25, 0.3) is 0 Å². The van der Waals surface area contributed by atoms with Crippen LogP contribution in [0.4, 0.5) is 43.9 Å². The first-order valence-corrected chi connectivity index (χ1v) is 12.8. The molecule has 1 aliphatic rings. The zero-order valence-corrected chi connectivity index (χ0v) is 21.5. The largest absolute Gasteiger partial charge is 0.429 e. The van der Waals surface area contributed by atoms with Crippen LogP contribution in [0.15, 0.2) is 42.5 Å². The van der Waals surface area contributed by atoms with Crippen molar-refractivity contribution >= 4 is 0 Å². The molecule has 12 heteroatoms. The van der Waals surface area contributed by atoms with Crippen LogP contribution in [0, 0.1) is 40.8 Å². The lowest BCUT2D eigenvalue weighted by Gasteiger charge is -2.29. The first kappa shape index (κ1) is 30.5. The van der Waals surface area contributed by atoms with E-state index < -0.39 is 69.7 Å². The van der Waals surface area contributed by atoms with E-state index in [0.717, 1.165) is 31.7 Å². The molecular weight excluding hydrogens is 570 g/mol. The van der Waals surface area contributed by atoms with Gasteiger partial charge >= 0.3 is 12.2 Å². The molecule has 3 aromatic carbocycles. The molecule has 0 heterocycles. The molecule has 4 rings (SSSR count). The molecule has 3 aromatic rings. The minimum atomic E-state index is -4.59. The fraction of sp³-hybridized carbons (Fsp3) is 0.379. The van der Waals surface area contributed by atoms with Gasteiger partial charge in [-0.05, 0) is 61.3 Å². The standard InChI is InChI=1S/C29H24F10O2/c1-2-3-15-4-6-16(7-5-15)19-9-11-21(26(34)25(19)33)29(38,39)40-17-8-10-20(22(30)12-17)28(36,37)41-18-13-23(31)27(35)24(32)14-18/h8-16H,2-7H2,1H3. The molecule has 0 spiro atoms. The van der Waals surface area contributed by atoms with E-state index in [2.05, 4.69) is 16.4 Å². The summed E-state index contributed by atoms with van der Waals surface area (Å²) in [6.45, 7) is 2.05. The van der Waals surface area contributed by atoms with Gasteiger partial charge in [-0.25, -0.2) is 26.3 Å². The molecule has 0 radical (unpaired) electrons. The van der Waals surface area contributed by atoms with Gasteiger partial charge in [-0.3, -0.25) is 0 Å². The Morgan fingerprint density at radius 2 is 1.17 bits per heavy atom. The molecule has 0 atom stereocenters. The summed E-state index contributed by atoms with van der Waals surface area (Å²) in [7, 11) is 0. The van der Waals surface area contributed by atoms with Crippen LogP contribution >= 0.6 is 0 Å². The lowest BCUT2D eigenvalue weighted by Crippen LogP contribution is -2.26. The maximum absolute atomic E-state index is 14.9. The van der Waals surface area contributed by atoms with Crippen LogP contribution in [-0.2, 0) is 12.2 Å². The average molecular weight is 594 g/mol. The van der Waals surface area contributed by atoms with Gasteiger partial charge in [-0.15, -0.1) is 0 Å². The van der Waals surface area contributed by atoms with E-state index >= 15 is 0 Å². The molecule has 0 saturated heterocycles. The molecule has 0 unspecified atom stereocenters. The highest BCUT2D eigenvalue weighted by Gasteiger charge is 2.42. The number of alkyl halides is 4. The Labute approximate surface area is 228 Å². The highest BCUT2D eigenvalue weighted by atomic mass is 19.3. The second-order valence-electron chi connectivity index (χ2n) is 9.92. The summed E-state index contributed by atoms with van der Waals surface area (Å²) in [5.74, 6) is -12.9. The molecule has 0 N–H and O–H groups in total. The fourth-order valence-electron chi connectivity index (χ4n) is 5.07. The lowest BCUT2D eigenvalue weighted by molar-refractivity contribution is -0.189. The topological polar surface area (TPSA) is 18.5 Å². The molecule has 1 aliphatic carbocycles. The molecule has 2 nitrogen and oxygen atoms in total. The van der Waals surface area contributed by atoms with Gasteiger partial charge < -0.3 is 9.47 Å². The monoisotopic (exact) mass is 594 g/mol. The van der Waals surface area contributed by atoms with Crippen molar-refractivity contribution in [1.29, 1.82) is 0 Å². The van der Waals surface area contributed by atoms with Crippen LogP contribution in [-0.4, -0.2) is 0 Å². The Balaban J connectivity index is 1.51. The van der Waals surface area contributed by atoms with Crippen molar-refractivity contribution in [2.75, 3.05) is 0 Å². The summed E-state index contributed by atoms with van der Waals surface area (Å²) in [4.78, 5) is 0. The number of ether oxygens (including phenoxy) is 2. The van der Waals surface area contributed by atoms with Gasteiger partial charge in [-0.2, -0.15) is 17.6 Å². The number of benzene rings is 3. The van der Waals surface area contributed by atoms with Crippen molar-refractivity contribution in [3.05, 3.63) is 94.1 Å². The van der Waals surface area contributed by atoms with Crippen LogP contribution in [0.3, 0.4) is 0 Å². The molecule has 1 saturated carbocycles. The van der Waals surface area contributed by atoms with Crippen LogP contribution in [0.1, 0.15) is 68.1 Å². The van der Waals surface area contributed by atoms with E-state index in [-0.39, 0.29) is 35.7 Å². The van der Waals surface area contributed by atoms with Crippen LogP contribution in [0.2, 0.25) is 0 Å². The van der Waals surface area contributed by atoms with E-state index in [1.54, 1.807) is 0 Å². The van der Waals surface area contributed by atoms with Crippen molar-refractivity contribution < 1.29 is 53.4 Å². The minimum Gasteiger partial charge on any atom is -0.429 e. The number of rotatable bonds is 9. The van der Waals surface area contributed by atoms with Gasteiger partial charge in [0.15, 0.2) is 29.1 Å². The Hall–Kier alpha value is -3.44. The zero-order valence-electron chi connectivity index (χ0n) is 21.5. The van der Waals surface area contributed by atoms with Gasteiger partial charge in [0.1, 0.15) is 28.4 Å². The number of halogens is 10. The van der Waals surface area contributed by atoms with E-state index in [1.807, 2.05) is 0 Å². The summed E-state index contributed by atoms with van der Waals surface area (Å²) >= 11 is 0. The molecule has 0 bridgehead atoms. The summed E-state index contributed by atoms with van der Waals surface area (Å²) in [6, 6.07) is 2.79.